The van der Waals surface area contributed by atoms with Crippen molar-refractivity contribution in [2.45, 2.75) is 78.6 Å². The van der Waals surface area contributed by atoms with Crippen molar-refractivity contribution in [1.82, 2.24) is 29.9 Å². The number of alkyl halides is 6. The fourth-order valence-electron chi connectivity index (χ4n) is 5.65. The van der Waals surface area contributed by atoms with Crippen LogP contribution in [-0.2, 0) is 25.2 Å². The molecular formula is C47H50F6N6O6. The van der Waals surface area contributed by atoms with Crippen LogP contribution in [0.3, 0.4) is 0 Å². The predicted octanol–water partition coefficient (Wildman–Crippen LogP) is 11.0. The number of hydrogen-bond acceptors (Lipinski definition) is 9. The van der Waals surface area contributed by atoms with E-state index in [1.807, 2.05) is 12.1 Å². The summed E-state index contributed by atoms with van der Waals surface area (Å²) in [7, 11) is 1.34. The highest BCUT2D eigenvalue weighted by Gasteiger charge is 2.50. The Labute approximate surface area is 371 Å². The number of nitrogens with zero attached hydrogens (tertiary/aromatic N) is 4. The standard InChI is InChI=1S/C24H26F3N3O3.C23H24F3N3O3/c1-22(2,21(31)32-5)14-33-17-9-6-15(7-10-17)18-11-8-16(12-28-18)20-29-13-19(30-20)23(3,4)24(25,26)27;1-21(2,20(30)31)13-32-16-8-5-14(6-9-16)17-10-7-15(11-27-17)19-28-12-18(29-19)22(3,4)23(24,25)26/h6-13H,14H2,1-5H3,(H,29,30);5-12H,13H2,1-4H3,(H,28,29)(H,30,31). The van der Waals surface area contributed by atoms with Gasteiger partial charge in [0.2, 0.25) is 0 Å². The molecule has 0 unspecified atom stereocenters. The van der Waals surface area contributed by atoms with Crippen molar-refractivity contribution < 1.29 is 55.2 Å². The number of ether oxygens (including phenoxy) is 3. The molecule has 0 atom stereocenters. The number of aromatic nitrogens is 6. The van der Waals surface area contributed by atoms with Crippen LogP contribution in [0.1, 0.15) is 66.8 Å². The minimum atomic E-state index is -4.40. The van der Waals surface area contributed by atoms with Crippen LogP contribution in [0.25, 0.3) is 45.3 Å². The Morgan fingerprint density at radius 2 is 0.877 bits per heavy atom. The maximum atomic E-state index is 13.3. The van der Waals surface area contributed by atoms with Crippen LogP contribution in [-0.4, -0.2) is 79.6 Å². The fraction of sp³-hybridized carbons (Fsp3) is 0.362. The van der Waals surface area contributed by atoms with Crippen LogP contribution >= 0.6 is 0 Å². The van der Waals surface area contributed by atoms with Crippen molar-refractivity contribution >= 4 is 11.9 Å². The number of imidazole rings is 2. The SMILES string of the molecule is CC(C)(COc1ccc(-c2ccc(-c3ncc(C(C)(C)C(F)(F)F)[nH]3)cn2)cc1)C(=O)O.COC(=O)C(C)(C)COc1ccc(-c2ccc(-c3ncc(C(C)(C)C(F)(F)F)[nH]3)cn2)cc1. The van der Waals surface area contributed by atoms with E-state index < -0.39 is 40.0 Å². The van der Waals surface area contributed by atoms with Crippen LogP contribution < -0.4 is 9.47 Å². The molecule has 0 saturated heterocycles. The van der Waals surface area contributed by atoms with Crippen molar-refractivity contribution in [2.75, 3.05) is 20.3 Å². The summed E-state index contributed by atoms with van der Waals surface area (Å²) in [5.41, 5.74) is -1.78. The molecule has 0 fully saturated rings. The molecule has 4 aromatic heterocycles. The number of aliphatic carboxylic acids is 1. The van der Waals surface area contributed by atoms with Gasteiger partial charge in [0.05, 0.1) is 29.3 Å². The number of benzene rings is 2. The van der Waals surface area contributed by atoms with Gasteiger partial charge in [-0.2, -0.15) is 26.3 Å². The number of carboxylic acids is 1. The van der Waals surface area contributed by atoms with Crippen molar-refractivity contribution in [3.05, 3.63) is 109 Å². The van der Waals surface area contributed by atoms with E-state index in [9.17, 15) is 35.9 Å². The van der Waals surface area contributed by atoms with Gasteiger partial charge in [0.15, 0.2) is 0 Å². The lowest BCUT2D eigenvalue weighted by Crippen LogP contribution is -2.36. The predicted molar refractivity (Wildman–Crippen MR) is 231 cm³/mol. The van der Waals surface area contributed by atoms with Crippen molar-refractivity contribution in [2.24, 2.45) is 10.8 Å². The van der Waals surface area contributed by atoms with Gasteiger partial charge in [-0.3, -0.25) is 19.6 Å². The summed E-state index contributed by atoms with van der Waals surface area (Å²) in [6.45, 7) is 11.3. The maximum Gasteiger partial charge on any atom is 0.399 e. The van der Waals surface area contributed by atoms with Crippen LogP contribution in [0, 0.1) is 10.8 Å². The van der Waals surface area contributed by atoms with E-state index in [2.05, 4.69) is 29.9 Å². The monoisotopic (exact) mass is 908 g/mol. The molecule has 3 N–H and O–H groups in total. The number of halogens is 6. The number of carbonyl (C=O) groups excluding carboxylic acids is 1. The first-order valence-electron chi connectivity index (χ1n) is 20.1. The summed E-state index contributed by atoms with van der Waals surface area (Å²) >= 11 is 0. The van der Waals surface area contributed by atoms with E-state index in [-0.39, 0.29) is 30.6 Å². The Balaban J connectivity index is 0.000000244. The van der Waals surface area contributed by atoms with Crippen LogP contribution in [0.2, 0.25) is 0 Å². The zero-order chi connectivity index (χ0) is 48.2. The van der Waals surface area contributed by atoms with Crippen LogP contribution in [0.5, 0.6) is 11.5 Å². The number of carbonyl (C=O) groups is 2. The zero-order valence-corrected chi connectivity index (χ0v) is 37.2. The maximum absolute atomic E-state index is 13.3. The number of hydrogen-bond donors (Lipinski definition) is 3. The Morgan fingerprint density at radius 1 is 0.523 bits per heavy atom. The largest absolute Gasteiger partial charge is 0.492 e. The summed E-state index contributed by atoms with van der Waals surface area (Å²) < 4.78 is 95.6. The Bertz CT molecular complexity index is 2550. The molecule has 0 aliphatic heterocycles. The quantitative estimate of drug-likeness (QED) is 0.0707. The third-order valence-electron chi connectivity index (χ3n) is 10.8. The third-order valence-corrected chi connectivity index (χ3v) is 10.8. The lowest BCUT2D eigenvalue weighted by atomic mass is 9.89. The van der Waals surface area contributed by atoms with Crippen molar-refractivity contribution in [3.8, 4) is 56.8 Å². The normalized spacial score (nSPS) is 12.5. The molecular weight excluding hydrogens is 859 g/mol. The molecule has 65 heavy (non-hydrogen) atoms. The van der Waals surface area contributed by atoms with Gasteiger partial charge in [-0.1, -0.05) is 0 Å². The lowest BCUT2D eigenvalue weighted by molar-refractivity contribution is -0.181. The van der Waals surface area contributed by atoms with Gasteiger partial charge in [-0.05, 0) is 128 Å². The molecule has 2 aromatic carbocycles. The molecule has 0 radical (unpaired) electrons. The highest BCUT2D eigenvalue weighted by Crippen LogP contribution is 2.41. The number of methoxy groups -OCH3 is 1. The minimum absolute atomic E-state index is 0.0138. The van der Waals surface area contributed by atoms with Crippen LogP contribution in [0.4, 0.5) is 26.3 Å². The zero-order valence-electron chi connectivity index (χ0n) is 37.2. The van der Waals surface area contributed by atoms with E-state index in [0.717, 1.165) is 38.8 Å². The molecule has 0 saturated carbocycles. The van der Waals surface area contributed by atoms with Crippen LogP contribution in [0.15, 0.2) is 97.6 Å². The second-order valence-electron chi connectivity index (χ2n) is 17.6. The summed E-state index contributed by atoms with van der Waals surface area (Å²) in [5, 5.41) is 9.15. The first kappa shape index (κ1) is 49.3. The molecule has 0 spiro atoms. The fourth-order valence-corrected chi connectivity index (χ4v) is 5.65. The van der Waals surface area contributed by atoms with E-state index in [4.69, 9.17) is 19.3 Å². The smallest absolute Gasteiger partial charge is 0.399 e. The minimum Gasteiger partial charge on any atom is -0.492 e. The van der Waals surface area contributed by atoms with Crippen molar-refractivity contribution in [3.63, 3.8) is 0 Å². The highest BCUT2D eigenvalue weighted by atomic mass is 19.4. The molecule has 6 rings (SSSR count). The molecule has 346 valence electrons. The number of H-pyrrole nitrogens is 2. The summed E-state index contributed by atoms with van der Waals surface area (Å²) in [6, 6.07) is 21.2. The lowest BCUT2D eigenvalue weighted by Gasteiger charge is -2.26. The van der Waals surface area contributed by atoms with E-state index in [1.165, 1.54) is 19.5 Å². The highest BCUT2D eigenvalue weighted by molar-refractivity contribution is 5.76. The average molecular weight is 909 g/mol. The van der Waals surface area contributed by atoms with Gasteiger partial charge >= 0.3 is 24.3 Å². The van der Waals surface area contributed by atoms with Gasteiger partial charge in [0, 0.05) is 58.4 Å². The summed E-state index contributed by atoms with van der Waals surface area (Å²) in [4.78, 5) is 45.4. The van der Waals surface area contributed by atoms with E-state index >= 15 is 0 Å². The molecule has 0 aliphatic carbocycles. The Morgan fingerprint density at radius 3 is 1.18 bits per heavy atom. The molecule has 0 bridgehead atoms. The first-order chi connectivity index (χ1) is 30.2. The average Bonchev–Trinajstić information content (AvgIpc) is 3.97. The van der Waals surface area contributed by atoms with Gasteiger partial charge in [-0.25, -0.2) is 9.97 Å². The number of aromatic amines is 2. The van der Waals surface area contributed by atoms with Crippen molar-refractivity contribution in [1.29, 1.82) is 0 Å². The number of esters is 1. The number of pyridine rings is 2. The summed E-state index contributed by atoms with van der Waals surface area (Å²) in [5.74, 6) is 0.468. The van der Waals surface area contributed by atoms with Gasteiger partial charge in [-0.15, -0.1) is 0 Å². The first-order valence-corrected chi connectivity index (χ1v) is 20.1. The van der Waals surface area contributed by atoms with Gasteiger partial charge < -0.3 is 29.3 Å². The second-order valence-corrected chi connectivity index (χ2v) is 17.6. The Hall–Kier alpha value is -6.72. The molecule has 6 aromatic rings. The number of rotatable bonds is 14. The third kappa shape index (κ3) is 11.5. The molecule has 4 heterocycles. The van der Waals surface area contributed by atoms with Gasteiger partial charge in [0.1, 0.15) is 47.2 Å². The topological polar surface area (TPSA) is 165 Å². The molecule has 12 nitrogen and oxygen atoms in total. The summed E-state index contributed by atoms with van der Waals surface area (Å²) in [6.07, 6.45) is -3.31. The van der Waals surface area contributed by atoms with E-state index in [1.54, 1.807) is 101 Å². The Kier molecular flexibility index (Phi) is 14.2. The molecule has 0 amide bonds. The molecule has 18 heteroatoms. The van der Waals surface area contributed by atoms with E-state index in [0.29, 0.717) is 45.7 Å². The molecule has 0 aliphatic rings. The van der Waals surface area contributed by atoms with Gasteiger partial charge in [0.25, 0.3) is 0 Å². The second kappa shape index (κ2) is 18.8. The number of carboxylic acid groups (broad SMARTS) is 1. The number of nitrogens with one attached hydrogen (secondary N) is 2.